The summed E-state index contributed by atoms with van der Waals surface area (Å²) in [6.45, 7) is 0. The zero-order chi connectivity index (χ0) is 33.0. The molecular weight excluding hydrogens is 605 g/mol. The van der Waals surface area contributed by atoms with Gasteiger partial charge in [-0.15, -0.1) is 0 Å². The van der Waals surface area contributed by atoms with Crippen LogP contribution in [-0.4, -0.2) is 9.13 Å². The molecule has 50 heavy (non-hydrogen) atoms. The van der Waals surface area contributed by atoms with Crippen molar-refractivity contribution in [3.8, 4) is 44.8 Å². The number of fused-ring (bicyclic) bond motifs is 6. The molecule has 0 aliphatic carbocycles. The molecule has 8 aromatic carbocycles. The van der Waals surface area contributed by atoms with Crippen LogP contribution >= 0.6 is 0 Å². The van der Waals surface area contributed by atoms with Crippen LogP contribution in [0.2, 0.25) is 0 Å². The molecule has 10 aromatic rings. The average molecular weight is 637 g/mol. The van der Waals surface area contributed by atoms with Crippen LogP contribution in [0.5, 0.6) is 0 Å². The molecule has 0 bridgehead atoms. The summed E-state index contributed by atoms with van der Waals surface area (Å²) in [6.07, 6.45) is 0. The fourth-order valence-electron chi connectivity index (χ4n) is 7.85. The van der Waals surface area contributed by atoms with Gasteiger partial charge in [0.25, 0.3) is 0 Å². The lowest BCUT2D eigenvalue weighted by molar-refractivity contribution is 1.18. The van der Waals surface area contributed by atoms with E-state index in [2.05, 4.69) is 203 Å². The third-order valence-electron chi connectivity index (χ3n) is 10.1. The van der Waals surface area contributed by atoms with Crippen LogP contribution in [0.25, 0.3) is 88.4 Å². The van der Waals surface area contributed by atoms with Crippen molar-refractivity contribution in [2.24, 2.45) is 0 Å². The summed E-state index contributed by atoms with van der Waals surface area (Å²) in [5, 5.41) is 5.04. The van der Waals surface area contributed by atoms with Gasteiger partial charge in [0.15, 0.2) is 0 Å². The summed E-state index contributed by atoms with van der Waals surface area (Å²) in [4.78, 5) is 0. The highest BCUT2D eigenvalue weighted by Crippen LogP contribution is 2.39. The highest BCUT2D eigenvalue weighted by Gasteiger charge is 2.17. The first kappa shape index (κ1) is 28.4. The van der Waals surface area contributed by atoms with Crippen molar-refractivity contribution >= 4 is 43.6 Å². The maximum atomic E-state index is 2.42. The van der Waals surface area contributed by atoms with Crippen LogP contribution < -0.4 is 0 Å². The van der Waals surface area contributed by atoms with Crippen molar-refractivity contribution in [2.75, 3.05) is 0 Å². The fraction of sp³-hybridized carbons (Fsp3) is 0. The maximum absolute atomic E-state index is 2.42. The Morgan fingerprint density at radius 2 is 0.700 bits per heavy atom. The Morgan fingerprint density at radius 1 is 0.240 bits per heavy atom. The van der Waals surface area contributed by atoms with Gasteiger partial charge in [-0.1, -0.05) is 140 Å². The van der Waals surface area contributed by atoms with E-state index in [1.54, 1.807) is 0 Å². The normalized spacial score (nSPS) is 11.6. The van der Waals surface area contributed by atoms with Crippen molar-refractivity contribution in [1.82, 2.24) is 9.13 Å². The van der Waals surface area contributed by atoms with Crippen molar-refractivity contribution in [1.29, 1.82) is 0 Å². The predicted octanol–water partition coefficient (Wildman–Crippen LogP) is 12.9. The second-order valence-electron chi connectivity index (χ2n) is 13.0. The zero-order valence-electron chi connectivity index (χ0n) is 27.4. The smallest absolute Gasteiger partial charge is 0.0541 e. The monoisotopic (exact) mass is 636 g/mol. The van der Waals surface area contributed by atoms with E-state index in [1.165, 1.54) is 77.0 Å². The summed E-state index contributed by atoms with van der Waals surface area (Å²) >= 11 is 0. The van der Waals surface area contributed by atoms with Gasteiger partial charge in [0, 0.05) is 32.9 Å². The van der Waals surface area contributed by atoms with E-state index in [0.717, 1.165) is 11.4 Å². The molecule has 0 radical (unpaired) electrons. The van der Waals surface area contributed by atoms with E-state index in [4.69, 9.17) is 0 Å². The van der Waals surface area contributed by atoms with E-state index in [-0.39, 0.29) is 0 Å². The van der Waals surface area contributed by atoms with Crippen molar-refractivity contribution in [3.63, 3.8) is 0 Å². The summed E-state index contributed by atoms with van der Waals surface area (Å²) in [7, 11) is 0. The van der Waals surface area contributed by atoms with Gasteiger partial charge in [0.1, 0.15) is 0 Å². The summed E-state index contributed by atoms with van der Waals surface area (Å²) in [5.74, 6) is 0. The molecule has 0 aliphatic heterocycles. The second kappa shape index (κ2) is 11.5. The molecule has 0 amide bonds. The number of aromatic nitrogens is 2. The Labute approximate surface area is 290 Å². The molecular formula is C48H32N2. The Hall–Kier alpha value is -6.64. The topological polar surface area (TPSA) is 9.86 Å². The third kappa shape index (κ3) is 4.50. The van der Waals surface area contributed by atoms with Gasteiger partial charge in [0.2, 0.25) is 0 Å². The molecule has 2 aromatic heterocycles. The Bertz CT molecular complexity index is 2800. The predicted molar refractivity (Wildman–Crippen MR) is 211 cm³/mol. The van der Waals surface area contributed by atoms with Crippen molar-refractivity contribution < 1.29 is 0 Å². The standard InChI is InChI=1S/C48H32N2/c1-3-14-33(15-4-1)39-28-27-38(32-43(39)34-16-5-2-6-17-34)50-47-25-12-9-22-42(47)44-31-36(26-29-48(44)50)35-18-13-19-37(30-35)49-45-23-10-7-20-40(45)41-21-8-11-24-46(41)49/h1-32H. The zero-order valence-corrected chi connectivity index (χ0v) is 27.4. The molecule has 0 saturated heterocycles. The lowest BCUT2D eigenvalue weighted by Crippen LogP contribution is -1.96. The van der Waals surface area contributed by atoms with Gasteiger partial charge < -0.3 is 9.13 Å². The fourth-order valence-corrected chi connectivity index (χ4v) is 7.85. The van der Waals surface area contributed by atoms with Crippen molar-refractivity contribution in [3.05, 3.63) is 194 Å². The first-order valence-corrected chi connectivity index (χ1v) is 17.2. The average Bonchev–Trinajstić information content (AvgIpc) is 3.71. The molecule has 2 nitrogen and oxygen atoms in total. The molecule has 0 atom stereocenters. The number of benzene rings is 8. The number of para-hydroxylation sites is 3. The lowest BCUT2D eigenvalue weighted by Gasteiger charge is -2.15. The molecule has 0 unspecified atom stereocenters. The van der Waals surface area contributed by atoms with E-state index in [0.29, 0.717) is 0 Å². The SMILES string of the molecule is c1ccc(-c2ccc(-n3c4ccccc4c4cc(-c5cccc(-n6c7ccccc7c7ccccc76)c5)ccc43)cc2-c2ccccc2)cc1. The molecule has 234 valence electrons. The number of hydrogen-bond donors (Lipinski definition) is 0. The van der Waals surface area contributed by atoms with E-state index in [1.807, 2.05) is 0 Å². The van der Waals surface area contributed by atoms with Crippen LogP contribution in [0.3, 0.4) is 0 Å². The van der Waals surface area contributed by atoms with Crippen LogP contribution in [0, 0.1) is 0 Å². The molecule has 0 aliphatic rings. The molecule has 2 heteroatoms. The third-order valence-corrected chi connectivity index (χ3v) is 10.1. The quantitative estimate of drug-likeness (QED) is 0.178. The van der Waals surface area contributed by atoms with Crippen molar-refractivity contribution in [2.45, 2.75) is 0 Å². The minimum Gasteiger partial charge on any atom is -0.309 e. The van der Waals surface area contributed by atoms with E-state index < -0.39 is 0 Å². The van der Waals surface area contributed by atoms with Crippen LogP contribution in [0.4, 0.5) is 0 Å². The summed E-state index contributed by atoms with van der Waals surface area (Å²) in [5.41, 5.74) is 14.4. The van der Waals surface area contributed by atoms with E-state index in [9.17, 15) is 0 Å². The van der Waals surface area contributed by atoms with Gasteiger partial charge in [-0.3, -0.25) is 0 Å². The van der Waals surface area contributed by atoms with Crippen LogP contribution in [-0.2, 0) is 0 Å². The first-order valence-electron chi connectivity index (χ1n) is 17.2. The Morgan fingerprint density at radius 3 is 1.32 bits per heavy atom. The van der Waals surface area contributed by atoms with Gasteiger partial charge in [0.05, 0.1) is 22.1 Å². The number of hydrogen-bond acceptors (Lipinski definition) is 0. The lowest BCUT2D eigenvalue weighted by atomic mass is 9.94. The van der Waals surface area contributed by atoms with E-state index >= 15 is 0 Å². The summed E-state index contributed by atoms with van der Waals surface area (Å²) in [6, 6.07) is 70.4. The minimum absolute atomic E-state index is 1.15. The molecule has 2 heterocycles. The van der Waals surface area contributed by atoms with Crippen LogP contribution in [0.15, 0.2) is 194 Å². The van der Waals surface area contributed by atoms with Gasteiger partial charge in [-0.25, -0.2) is 0 Å². The maximum Gasteiger partial charge on any atom is 0.0541 e. The molecule has 0 fully saturated rings. The second-order valence-corrected chi connectivity index (χ2v) is 13.0. The molecule has 10 rings (SSSR count). The molecule has 0 N–H and O–H groups in total. The number of nitrogens with zero attached hydrogens (tertiary/aromatic N) is 2. The van der Waals surface area contributed by atoms with Gasteiger partial charge >= 0.3 is 0 Å². The highest BCUT2D eigenvalue weighted by molar-refractivity contribution is 6.11. The Balaban J connectivity index is 1.14. The molecule has 0 saturated carbocycles. The number of rotatable bonds is 5. The van der Waals surface area contributed by atoms with Crippen LogP contribution in [0.1, 0.15) is 0 Å². The highest BCUT2D eigenvalue weighted by atomic mass is 15.0. The van der Waals surface area contributed by atoms with Gasteiger partial charge in [-0.05, 0) is 88.0 Å². The first-order chi connectivity index (χ1) is 24.8. The largest absolute Gasteiger partial charge is 0.309 e. The van der Waals surface area contributed by atoms with Gasteiger partial charge in [-0.2, -0.15) is 0 Å². The summed E-state index contributed by atoms with van der Waals surface area (Å²) < 4.78 is 4.81. The molecule has 0 spiro atoms. The minimum atomic E-state index is 1.15. The Kier molecular flexibility index (Phi) is 6.53.